The van der Waals surface area contributed by atoms with Gasteiger partial charge in [0.1, 0.15) is 18.3 Å². The molecule has 0 spiro atoms. The number of imidazole rings is 1. The molecule has 220 valence electrons. The Kier molecular flexibility index (Phi) is 11.0. The maximum Gasteiger partial charge on any atom is 0.271 e. The number of ether oxygens (including phenoxy) is 2. The fraction of sp³-hybridized carbons (Fsp3) is 0.567. The van der Waals surface area contributed by atoms with Crippen LogP contribution in [-0.4, -0.2) is 75.4 Å². The van der Waals surface area contributed by atoms with Crippen molar-refractivity contribution < 1.29 is 53.3 Å². The predicted octanol–water partition coefficient (Wildman–Crippen LogP) is -1.19. The zero-order valence-corrected chi connectivity index (χ0v) is 25.6. The minimum absolute atomic E-state index is 0. The SMILES string of the molecule is CCn1c(CN)[n+](CC)c2ccc(C3CCN(CC(O)C(O)[C@@H]4OC(c5ccccc5)OC[C@H]4O)CC3)cc21.[I-]. The second-order valence-electron chi connectivity index (χ2n) is 10.7. The van der Waals surface area contributed by atoms with Gasteiger partial charge in [-0.1, -0.05) is 36.4 Å². The van der Waals surface area contributed by atoms with Gasteiger partial charge in [-0.2, -0.15) is 0 Å². The van der Waals surface area contributed by atoms with Crippen LogP contribution in [0, 0.1) is 0 Å². The van der Waals surface area contributed by atoms with Crippen molar-refractivity contribution in [3.8, 4) is 0 Å². The molecule has 0 bridgehead atoms. The number of nitrogens with zero attached hydrogens (tertiary/aromatic N) is 3. The molecule has 2 fully saturated rings. The minimum Gasteiger partial charge on any atom is -1.00 e. The van der Waals surface area contributed by atoms with Crippen LogP contribution < -0.4 is 34.3 Å². The van der Waals surface area contributed by atoms with Gasteiger partial charge in [0, 0.05) is 12.1 Å². The van der Waals surface area contributed by atoms with Gasteiger partial charge < -0.3 is 59.4 Å². The summed E-state index contributed by atoms with van der Waals surface area (Å²) in [7, 11) is 0. The molecule has 2 aromatic carbocycles. The molecule has 2 aliphatic heterocycles. The first kappa shape index (κ1) is 31.3. The number of nitrogens with two attached hydrogens (primary N) is 1. The number of aliphatic hydroxyl groups excluding tert-OH is 3. The van der Waals surface area contributed by atoms with Gasteiger partial charge in [0.05, 0.1) is 32.3 Å². The number of likely N-dealkylation sites (tertiary alicyclic amines) is 1. The molecule has 1 aromatic heterocycles. The molecule has 2 aliphatic rings. The molecule has 2 saturated heterocycles. The van der Waals surface area contributed by atoms with Crippen LogP contribution in [0.5, 0.6) is 0 Å². The molecule has 3 heterocycles. The smallest absolute Gasteiger partial charge is 0.271 e. The van der Waals surface area contributed by atoms with E-state index in [0.717, 1.165) is 50.4 Å². The third kappa shape index (κ3) is 6.39. The summed E-state index contributed by atoms with van der Waals surface area (Å²) in [6.45, 7) is 8.63. The van der Waals surface area contributed by atoms with Crippen molar-refractivity contribution >= 4 is 11.0 Å². The number of piperidine rings is 1. The zero-order chi connectivity index (χ0) is 27.5. The highest BCUT2D eigenvalue weighted by molar-refractivity contribution is 5.73. The Hall–Kier alpha value is -1.64. The van der Waals surface area contributed by atoms with E-state index in [-0.39, 0.29) is 30.6 Å². The van der Waals surface area contributed by atoms with Gasteiger partial charge in [-0.3, -0.25) is 0 Å². The van der Waals surface area contributed by atoms with E-state index in [9.17, 15) is 15.3 Å². The molecule has 0 radical (unpaired) electrons. The maximum atomic E-state index is 10.9. The Balaban J connectivity index is 0.00000370. The number of rotatable bonds is 9. The highest BCUT2D eigenvalue weighted by atomic mass is 127. The van der Waals surface area contributed by atoms with Crippen molar-refractivity contribution in [2.75, 3.05) is 26.2 Å². The number of aliphatic hydroxyl groups is 3. The van der Waals surface area contributed by atoms with E-state index in [0.29, 0.717) is 19.0 Å². The third-order valence-corrected chi connectivity index (χ3v) is 8.40. The summed E-state index contributed by atoms with van der Waals surface area (Å²) in [5.74, 6) is 1.60. The molecule has 10 heteroatoms. The molecular weight excluding hydrogens is 623 g/mol. The summed E-state index contributed by atoms with van der Waals surface area (Å²) in [5, 5.41) is 32.3. The number of aryl methyl sites for hydroxylation is 2. The topological polar surface area (TPSA) is 117 Å². The van der Waals surface area contributed by atoms with Gasteiger partial charge in [-0.25, -0.2) is 9.13 Å². The molecule has 0 saturated carbocycles. The molecule has 9 nitrogen and oxygen atoms in total. The summed E-state index contributed by atoms with van der Waals surface area (Å²) in [6.07, 6.45) is -2.93. The van der Waals surface area contributed by atoms with Crippen molar-refractivity contribution in [3.05, 3.63) is 65.5 Å². The van der Waals surface area contributed by atoms with Crippen LogP contribution in [0.3, 0.4) is 0 Å². The molecule has 5 atom stereocenters. The number of halogens is 1. The monoisotopic (exact) mass is 666 g/mol. The van der Waals surface area contributed by atoms with Crippen LogP contribution >= 0.6 is 0 Å². The number of fused-ring (bicyclic) bond motifs is 1. The molecule has 3 aromatic rings. The fourth-order valence-electron chi connectivity index (χ4n) is 6.28. The Morgan fingerprint density at radius 1 is 1.05 bits per heavy atom. The van der Waals surface area contributed by atoms with E-state index >= 15 is 0 Å². The van der Waals surface area contributed by atoms with Gasteiger partial charge >= 0.3 is 0 Å². The summed E-state index contributed by atoms with van der Waals surface area (Å²) in [5.41, 5.74) is 10.7. The molecule has 5 rings (SSSR count). The lowest BCUT2D eigenvalue weighted by atomic mass is 9.89. The van der Waals surface area contributed by atoms with Gasteiger partial charge in [-0.05, 0) is 63.4 Å². The molecule has 5 N–H and O–H groups in total. The van der Waals surface area contributed by atoms with Gasteiger partial charge in [-0.15, -0.1) is 0 Å². The largest absolute Gasteiger partial charge is 1.00 e. The lowest BCUT2D eigenvalue weighted by Crippen LogP contribution is -3.00. The lowest BCUT2D eigenvalue weighted by Gasteiger charge is -2.39. The van der Waals surface area contributed by atoms with E-state index in [1.807, 2.05) is 30.3 Å². The van der Waals surface area contributed by atoms with Crippen molar-refractivity contribution in [1.82, 2.24) is 9.47 Å². The summed E-state index contributed by atoms with van der Waals surface area (Å²) in [4.78, 5) is 2.19. The fourth-order valence-corrected chi connectivity index (χ4v) is 6.28. The number of hydrogen-bond donors (Lipinski definition) is 4. The van der Waals surface area contributed by atoms with Gasteiger partial charge in [0.15, 0.2) is 17.3 Å². The first-order valence-electron chi connectivity index (χ1n) is 14.3. The van der Waals surface area contributed by atoms with Crippen LogP contribution in [0.1, 0.15) is 55.8 Å². The van der Waals surface area contributed by atoms with E-state index < -0.39 is 30.7 Å². The van der Waals surface area contributed by atoms with Crippen LogP contribution in [0.15, 0.2) is 48.5 Å². The van der Waals surface area contributed by atoms with Crippen molar-refractivity contribution in [1.29, 1.82) is 0 Å². The van der Waals surface area contributed by atoms with Gasteiger partial charge in [0.2, 0.25) is 0 Å². The highest BCUT2D eigenvalue weighted by Crippen LogP contribution is 2.32. The summed E-state index contributed by atoms with van der Waals surface area (Å²) < 4.78 is 16.1. The average molecular weight is 667 g/mol. The van der Waals surface area contributed by atoms with E-state index in [1.165, 1.54) is 16.6 Å². The highest BCUT2D eigenvalue weighted by Gasteiger charge is 2.40. The van der Waals surface area contributed by atoms with E-state index in [1.54, 1.807) is 0 Å². The zero-order valence-electron chi connectivity index (χ0n) is 23.4. The first-order chi connectivity index (χ1) is 18.9. The van der Waals surface area contributed by atoms with Crippen LogP contribution in [0.2, 0.25) is 0 Å². The third-order valence-electron chi connectivity index (χ3n) is 8.40. The maximum absolute atomic E-state index is 10.9. The second-order valence-corrected chi connectivity index (χ2v) is 10.7. The average Bonchev–Trinajstić information content (AvgIpc) is 3.29. The van der Waals surface area contributed by atoms with E-state index in [4.69, 9.17) is 15.2 Å². The quantitative estimate of drug-likeness (QED) is 0.168. The van der Waals surface area contributed by atoms with Crippen LogP contribution in [-0.2, 0) is 29.1 Å². The van der Waals surface area contributed by atoms with Crippen molar-refractivity contribution in [3.63, 3.8) is 0 Å². The van der Waals surface area contributed by atoms with Gasteiger partial charge in [0.25, 0.3) is 5.82 Å². The second kappa shape index (κ2) is 14.0. The normalized spacial score (nSPS) is 24.1. The van der Waals surface area contributed by atoms with Crippen molar-refractivity contribution in [2.24, 2.45) is 5.73 Å². The molecule has 0 aliphatic carbocycles. The number of benzene rings is 2. The molecule has 3 unspecified atom stereocenters. The number of hydrogen-bond acceptors (Lipinski definition) is 7. The molecular formula is C30H43IN4O5. The number of aromatic nitrogens is 2. The van der Waals surface area contributed by atoms with Crippen LogP contribution in [0.25, 0.3) is 11.0 Å². The lowest BCUT2D eigenvalue weighted by molar-refractivity contribution is -0.676. The molecule has 40 heavy (non-hydrogen) atoms. The first-order valence-corrected chi connectivity index (χ1v) is 14.3. The van der Waals surface area contributed by atoms with Crippen LogP contribution in [0.4, 0.5) is 0 Å². The summed E-state index contributed by atoms with van der Waals surface area (Å²) >= 11 is 0. The Morgan fingerprint density at radius 3 is 2.42 bits per heavy atom. The number of β-amino-alcohol motifs (C(OH)–C–C–N with tert-alkyl or cyclic N) is 1. The standard InChI is InChI=1S/C30H43N4O5.HI/c1-3-33-23-11-10-22(16-24(23)34(4-2)27(33)17-31)20-12-14-32(15-13-20)18-25(35)28(37)29-26(36)19-38-30(39-29)21-8-6-5-7-9-21;/h5-11,16,20,25-26,28-30,35-37H,3-4,12-15,17-19,31H2,1-2H3;1H/q+1;/p-1/t25?,26-,28?,29-,30?;/m1./s1. The Labute approximate surface area is 253 Å². The minimum atomic E-state index is -1.22. The summed E-state index contributed by atoms with van der Waals surface area (Å²) in [6, 6.07) is 16.2. The molecule has 0 amide bonds. The van der Waals surface area contributed by atoms with Crippen molar-refractivity contribution in [2.45, 2.75) is 82.9 Å². The van der Waals surface area contributed by atoms with E-state index in [2.05, 4.69) is 46.1 Å². The Bertz CT molecular complexity index is 1230. The Morgan fingerprint density at radius 2 is 1.77 bits per heavy atom. The predicted molar refractivity (Wildman–Crippen MR) is 148 cm³/mol.